The fraction of sp³-hybridized carbons (Fsp3) is 1.00. The van der Waals surface area contributed by atoms with Crippen molar-refractivity contribution in [3.8, 4) is 0 Å². The van der Waals surface area contributed by atoms with Gasteiger partial charge in [0.15, 0.2) is 0 Å². The first-order valence-corrected chi connectivity index (χ1v) is 8.16. The van der Waals surface area contributed by atoms with Crippen LogP contribution in [0.5, 0.6) is 0 Å². The minimum Gasteiger partial charge on any atom is -0.306 e. The molecule has 102 valence electrons. The summed E-state index contributed by atoms with van der Waals surface area (Å²) in [6, 6.07) is 0. The van der Waals surface area contributed by atoms with Gasteiger partial charge in [0.2, 0.25) is 0 Å². The molecular formula is C15H31NS. The molecule has 2 unspecified atom stereocenters. The zero-order chi connectivity index (χ0) is 12.5. The van der Waals surface area contributed by atoms with E-state index in [9.17, 15) is 0 Å². The van der Waals surface area contributed by atoms with Crippen molar-refractivity contribution in [2.45, 2.75) is 58.3 Å². The zero-order valence-corrected chi connectivity index (χ0v) is 12.7. The molecule has 0 spiro atoms. The Labute approximate surface area is 114 Å². The lowest BCUT2D eigenvalue weighted by Crippen LogP contribution is -2.22. The molecule has 0 aromatic carbocycles. The smallest absolute Gasteiger partial charge is 0.000926 e. The summed E-state index contributed by atoms with van der Waals surface area (Å²) in [5.41, 5.74) is 0. The van der Waals surface area contributed by atoms with E-state index < -0.39 is 0 Å². The predicted molar refractivity (Wildman–Crippen MR) is 80.9 cm³/mol. The van der Waals surface area contributed by atoms with Gasteiger partial charge < -0.3 is 4.90 Å². The Balaban J connectivity index is 1.77. The quantitative estimate of drug-likeness (QED) is 0.428. The van der Waals surface area contributed by atoms with Gasteiger partial charge in [-0.15, -0.1) is 0 Å². The van der Waals surface area contributed by atoms with E-state index in [0.29, 0.717) is 0 Å². The Bertz CT molecular complexity index is 184. The van der Waals surface area contributed by atoms with E-state index in [-0.39, 0.29) is 0 Å². The van der Waals surface area contributed by atoms with Crippen LogP contribution < -0.4 is 0 Å². The predicted octanol–water partition coefficient (Wildman–Crippen LogP) is 4.23. The normalized spacial score (nSPS) is 23.3. The van der Waals surface area contributed by atoms with Crippen LogP contribution in [0.4, 0.5) is 0 Å². The van der Waals surface area contributed by atoms with Gasteiger partial charge in [-0.3, -0.25) is 0 Å². The van der Waals surface area contributed by atoms with Gasteiger partial charge in [-0.2, -0.15) is 12.6 Å². The molecule has 0 bridgehead atoms. The van der Waals surface area contributed by atoms with E-state index in [1.165, 1.54) is 64.5 Å². The first-order valence-electron chi connectivity index (χ1n) is 7.53. The Morgan fingerprint density at radius 2 is 1.53 bits per heavy atom. The highest BCUT2D eigenvalue weighted by Crippen LogP contribution is 2.37. The molecule has 1 fully saturated rings. The molecule has 1 rings (SSSR count). The largest absolute Gasteiger partial charge is 0.306 e. The van der Waals surface area contributed by atoms with Crippen LogP contribution in [-0.2, 0) is 0 Å². The highest BCUT2D eigenvalue weighted by molar-refractivity contribution is 7.80. The van der Waals surface area contributed by atoms with Crippen molar-refractivity contribution in [2.75, 3.05) is 25.9 Å². The molecule has 1 aliphatic carbocycles. The number of hydrogen-bond donors (Lipinski definition) is 1. The van der Waals surface area contributed by atoms with E-state index in [2.05, 4.69) is 31.5 Å². The molecule has 0 saturated heterocycles. The van der Waals surface area contributed by atoms with Crippen LogP contribution in [0.25, 0.3) is 0 Å². The first-order chi connectivity index (χ1) is 8.24. The fourth-order valence-electron chi connectivity index (χ4n) is 2.52. The maximum absolute atomic E-state index is 4.23. The third-order valence-corrected chi connectivity index (χ3v) is 4.34. The van der Waals surface area contributed by atoms with E-state index >= 15 is 0 Å². The third kappa shape index (κ3) is 8.10. The second kappa shape index (κ2) is 9.27. The summed E-state index contributed by atoms with van der Waals surface area (Å²) in [5, 5.41) is 0. The Hall–Kier alpha value is 0.310. The second-order valence-electron chi connectivity index (χ2n) is 5.93. The van der Waals surface area contributed by atoms with Crippen LogP contribution in [0.2, 0.25) is 0 Å². The average molecular weight is 257 g/mol. The van der Waals surface area contributed by atoms with Crippen LogP contribution in [-0.4, -0.2) is 30.8 Å². The molecule has 0 heterocycles. The van der Waals surface area contributed by atoms with Crippen LogP contribution in [0.1, 0.15) is 58.3 Å². The molecule has 1 aliphatic rings. The molecule has 0 radical (unpaired) electrons. The number of hydrogen-bond acceptors (Lipinski definition) is 2. The molecule has 1 nitrogen and oxygen atoms in total. The standard InChI is InChI=1S/C15H31NS/c1-14-12-15(14)13-16(2)10-8-6-4-3-5-7-9-11-17/h14-15,17H,3-13H2,1-2H3. The Kier molecular flexibility index (Phi) is 8.38. The van der Waals surface area contributed by atoms with E-state index in [0.717, 1.165) is 17.6 Å². The molecule has 2 atom stereocenters. The van der Waals surface area contributed by atoms with E-state index in [1.807, 2.05) is 0 Å². The summed E-state index contributed by atoms with van der Waals surface area (Å²) in [6.07, 6.45) is 11.2. The highest BCUT2D eigenvalue weighted by atomic mass is 32.1. The minimum absolute atomic E-state index is 1.00. The molecule has 0 aromatic rings. The Morgan fingerprint density at radius 3 is 2.06 bits per heavy atom. The number of unbranched alkanes of at least 4 members (excludes halogenated alkanes) is 6. The molecule has 1 saturated carbocycles. The zero-order valence-electron chi connectivity index (χ0n) is 11.8. The fourth-order valence-corrected chi connectivity index (χ4v) is 2.75. The highest BCUT2D eigenvalue weighted by Gasteiger charge is 2.32. The summed E-state index contributed by atoms with van der Waals surface area (Å²) in [7, 11) is 2.29. The summed E-state index contributed by atoms with van der Waals surface area (Å²) < 4.78 is 0. The van der Waals surface area contributed by atoms with Crippen LogP contribution in [0, 0.1) is 11.8 Å². The van der Waals surface area contributed by atoms with Crippen molar-refractivity contribution in [3.05, 3.63) is 0 Å². The maximum Gasteiger partial charge on any atom is 0.000926 e. The van der Waals surface area contributed by atoms with Gasteiger partial charge in [-0.1, -0.05) is 39.0 Å². The van der Waals surface area contributed by atoms with Gasteiger partial charge in [0, 0.05) is 6.54 Å². The van der Waals surface area contributed by atoms with Gasteiger partial charge in [-0.05, 0) is 50.4 Å². The maximum atomic E-state index is 4.23. The lowest BCUT2D eigenvalue weighted by atomic mass is 10.1. The molecule has 0 aliphatic heterocycles. The lowest BCUT2D eigenvalue weighted by Gasteiger charge is -2.16. The summed E-state index contributed by atoms with van der Waals surface area (Å²) in [6.45, 7) is 5.02. The van der Waals surface area contributed by atoms with Crippen LogP contribution >= 0.6 is 12.6 Å². The lowest BCUT2D eigenvalue weighted by molar-refractivity contribution is 0.306. The van der Waals surface area contributed by atoms with Crippen molar-refractivity contribution in [3.63, 3.8) is 0 Å². The van der Waals surface area contributed by atoms with E-state index in [4.69, 9.17) is 0 Å². The van der Waals surface area contributed by atoms with Gasteiger partial charge in [-0.25, -0.2) is 0 Å². The SMILES string of the molecule is CC1CC1CN(C)CCCCCCCCCS. The van der Waals surface area contributed by atoms with Crippen LogP contribution in [0.3, 0.4) is 0 Å². The van der Waals surface area contributed by atoms with Crippen molar-refractivity contribution in [1.82, 2.24) is 4.90 Å². The van der Waals surface area contributed by atoms with Crippen LogP contribution in [0.15, 0.2) is 0 Å². The summed E-state index contributed by atoms with van der Waals surface area (Å²) >= 11 is 4.23. The second-order valence-corrected chi connectivity index (χ2v) is 6.38. The van der Waals surface area contributed by atoms with Crippen molar-refractivity contribution in [1.29, 1.82) is 0 Å². The number of nitrogens with zero attached hydrogens (tertiary/aromatic N) is 1. The molecule has 2 heteroatoms. The first kappa shape index (κ1) is 15.4. The molecule has 0 amide bonds. The summed E-state index contributed by atoms with van der Waals surface area (Å²) in [5.74, 6) is 3.08. The van der Waals surface area contributed by atoms with Gasteiger partial charge in [0.25, 0.3) is 0 Å². The van der Waals surface area contributed by atoms with Crippen molar-refractivity contribution in [2.24, 2.45) is 11.8 Å². The monoisotopic (exact) mass is 257 g/mol. The van der Waals surface area contributed by atoms with Crippen molar-refractivity contribution >= 4 is 12.6 Å². The number of thiol groups is 1. The molecule has 0 N–H and O–H groups in total. The average Bonchev–Trinajstić information content (AvgIpc) is 2.98. The van der Waals surface area contributed by atoms with Crippen molar-refractivity contribution < 1.29 is 0 Å². The van der Waals surface area contributed by atoms with E-state index in [1.54, 1.807) is 0 Å². The van der Waals surface area contributed by atoms with Gasteiger partial charge >= 0.3 is 0 Å². The third-order valence-electron chi connectivity index (χ3n) is 4.02. The topological polar surface area (TPSA) is 3.24 Å². The molecular weight excluding hydrogens is 226 g/mol. The number of rotatable bonds is 11. The molecule has 0 aromatic heterocycles. The van der Waals surface area contributed by atoms with Gasteiger partial charge in [0.1, 0.15) is 0 Å². The Morgan fingerprint density at radius 1 is 1.00 bits per heavy atom. The summed E-state index contributed by atoms with van der Waals surface area (Å²) in [4.78, 5) is 2.54. The molecule has 17 heavy (non-hydrogen) atoms. The van der Waals surface area contributed by atoms with Gasteiger partial charge in [0.05, 0.1) is 0 Å². The minimum atomic E-state index is 1.00.